The Bertz CT molecular complexity index is 353. The molecule has 1 aliphatic heterocycles. The van der Waals surface area contributed by atoms with Crippen LogP contribution in [0.5, 0.6) is 0 Å². The monoisotopic (exact) mass is 270 g/mol. The van der Waals surface area contributed by atoms with Crippen LogP contribution in [0.1, 0.15) is 51.9 Å². The Morgan fingerprint density at radius 1 is 1.37 bits per heavy atom. The van der Waals surface area contributed by atoms with Crippen LogP contribution >= 0.6 is 0 Å². The average molecular weight is 270 g/mol. The number of nitrogens with zero attached hydrogens (tertiary/aromatic N) is 1. The van der Waals surface area contributed by atoms with Crippen LogP contribution in [0.15, 0.2) is 0 Å². The zero-order valence-electron chi connectivity index (χ0n) is 11.6. The van der Waals surface area contributed by atoms with Gasteiger partial charge in [0.25, 0.3) is 0 Å². The molecule has 2 fully saturated rings. The molecular weight excluding hydrogens is 247 g/mol. The van der Waals surface area contributed by atoms with Crippen LogP contribution in [0.2, 0.25) is 0 Å². The minimum absolute atomic E-state index is 0.0169. The molecule has 1 N–H and O–H groups in total. The van der Waals surface area contributed by atoms with Crippen molar-refractivity contribution in [1.82, 2.24) is 10.2 Å². The molecule has 1 aliphatic carbocycles. The maximum absolute atomic E-state index is 12.5. The van der Waals surface area contributed by atoms with Gasteiger partial charge in [-0.05, 0) is 25.7 Å². The van der Waals surface area contributed by atoms with Gasteiger partial charge in [0.05, 0.1) is 6.67 Å². The van der Waals surface area contributed by atoms with Gasteiger partial charge in [-0.25, -0.2) is 0 Å². The highest BCUT2D eigenvalue weighted by molar-refractivity contribution is 6.00. The van der Waals surface area contributed by atoms with E-state index in [4.69, 9.17) is 0 Å². The number of amides is 2. The Kier molecular flexibility index (Phi) is 4.42. The summed E-state index contributed by atoms with van der Waals surface area (Å²) in [6.45, 7) is 1.91. The van der Waals surface area contributed by atoms with E-state index in [0.717, 1.165) is 32.1 Å². The van der Waals surface area contributed by atoms with Gasteiger partial charge in [0, 0.05) is 6.54 Å². The summed E-state index contributed by atoms with van der Waals surface area (Å²) in [7, 11) is 0. The van der Waals surface area contributed by atoms with Gasteiger partial charge < -0.3 is 10.2 Å². The molecular formula is C14H23FN2O2. The number of alkyl halides is 1. The first-order valence-electron chi connectivity index (χ1n) is 7.34. The molecule has 1 heterocycles. The predicted octanol–water partition coefficient (Wildman–Crippen LogP) is 1.79. The van der Waals surface area contributed by atoms with E-state index in [2.05, 4.69) is 5.32 Å². The zero-order chi connectivity index (χ0) is 13.9. The van der Waals surface area contributed by atoms with Crippen LogP contribution in [0, 0.1) is 0 Å². The SMILES string of the molecule is CCCC1NC(=O)C2(CCCC2)N(CCCF)C1=O. The summed E-state index contributed by atoms with van der Waals surface area (Å²) in [5.41, 5.74) is -0.684. The predicted molar refractivity (Wildman–Crippen MR) is 70.3 cm³/mol. The van der Waals surface area contributed by atoms with Crippen molar-refractivity contribution in [3.8, 4) is 0 Å². The summed E-state index contributed by atoms with van der Waals surface area (Å²) in [6, 6.07) is -0.414. The number of hydrogen-bond acceptors (Lipinski definition) is 2. The molecule has 2 amide bonds. The lowest BCUT2D eigenvalue weighted by Crippen LogP contribution is -2.69. The number of carbonyl (C=O) groups excluding carboxylic acids is 2. The number of piperazine rings is 1. The maximum atomic E-state index is 12.5. The van der Waals surface area contributed by atoms with E-state index in [1.54, 1.807) is 4.90 Å². The fraction of sp³-hybridized carbons (Fsp3) is 0.857. The molecule has 1 atom stereocenters. The number of nitrogens with one attached hydrogen (secondary N) is 1. The summed E-state index contributed by atoms with van der Waals surface area (Å²) in [5.74, 6) is -0.0429. The Morgan fingerprint density at radius 3 is 2.63 bits per heavy atom. The van der Waals surface area contributed by atoms with Gasteiger partial charge in [-0.15, -0.1) is 0 Å². The highest BCUT2D eigenvalue weighted by Crippen LogP contribution is 2.38. The minimum Gasteiger partial charge on any atom is -0.342 e. The van der Waals surface area contributed by atoms with Crippen LogP contribution in [0.3, 0.4) is 0 Å². The Labute approximate surface area is 113 Å². The van der Waals surface area contributed by atoms with E-state index in [-0.39, 0.29) is 11.8 Å². The first-order chi connectivity index (χ1) is 9.15. The smallest absolute Gasteiger partial charge is 0.246 e. The Morgan fingerprint density at radius 2 is 2.05 bits per heavy atom. The lowest BCUT2D eigenvalue weighted by atomic mass is 9.88. The van der Waals surface area contributed by atoms with E-state index in [9.17, 15) is 14.0 Å². The molecule has 0 aromatic carbocycles. The second kappa shape index (κ2) is 5.88. The third-order valence-electron chi connectivity index (χ3n) is 4.33. The molecule has 108 valence electrons. The molecule has 5 heteroatoms. The summed E-state index contributed by atoms with van der Waals surface area (Å²) in [6.07, 6.45) is 5.19. The van der Waals surface area contributed by atoms with E-state index >= 15 is 0 Å². The first-order valence-corrected chi connectivity index (χ1v) is 7.34. The highest BCUT2D eigenvalue weighted by atomic mass is 19.1. The number of hydrogen-bond donors (Lipinski definition) is 1. The summed E-state index contributed by atoms with van der Waals surface area (Å²) < 4.78 is 12.5. The fourth-order valence-corrected chi connectivity index (χ4v) is 3.36. The van der Waals surface area contributed by atoms with Gasteiger partial charge in [0.2, 0.25) is 11.8 Å². The van der Waals surface area contributed by atoms with Crippen LogP contribution in [-0.2, 0) is 9.59 Å². The molecule has 1 saturated heterocycles. The highest BCUT2D eigenvalue weighted by Gasteiger charge is 2.53. The molecule has 19 heavy (non-hydrogen) atoms. The van der Waals surface area contributed by atoms with Gasteiger partial charge >= 0.3 is 0 Å². The van der Waals surface area contributed by atoms with Crippen molar-refractivity contribution in [3.63, 3.8) is 0 Å². The summed E-state index contributed by atoms with van der Waals surface area (Å²) in [5, 5.41) is 2.88. The van der Waals surface area contributed by atoms with Gasteiger partial charge in [-0.2, -0.15) is 0 Å². The third-order valence-corrected chi connectivity index (χ3v) is 4.33. The second-order valence-corrected chi connectivity index (χ2v) is 5.59. The molecule has 1 unspecified atom stereocenters. The molecule has 0 bridgehead atoms. The molecule has 0 aromatic heterocycles. The van der Waals surface area contributed by atoms with Crippen molar-refractivity contribution in [1.29, 1.82) is 0 Å². The number of halogens is 1. The van der Waals surface area contributed by atoms with Gasteiger partial charge in [0.15, 0.2) is 0 Å². The van der Waals surface area contributed by atoms with E-state index in [0.29, 0.717) is 19.4 Å². The molecule has 2 aliphatic rings. The normalized spacial score (nSPS) is 26.0. The van der Waals surface area contributed by atoms with Crippen molar-refractivity contribution in [3.05, 3.63) is 0 Å². The van der Waals surface area contributed by atoms with E-state index in [1.807, 2.05) is 6.92 Å². The summed E-state index contributed by atoms with van der Waals surface area (Å²) in [4.78, 5) is 26.6. The molecule has 2 rings (SSSR count). The third kappa shape index (κ3) is 2.47. The Balaban J connectivity index is 2.22. The summed E-state index contributed by atoms with van der Waals surface area (Å²) >= 11 is 0. The van der Waals surface area contributed by atoms with Crippen molar-refractivity contribution in [2.24, 2.45) is 0 Å². The van der Waals surface area contributed by atoms with Gasteiger partial charge in [-0.3, -0.25) is 14.0 Å². The lowest BCUT2D eigenvalue weighted by molar-refractivity contribution is -0.157. The van der Waals surface area contributed by atoms with Crippen molar-refractivity contribution >= 4 is 11.8 Å². The molecule has 4 nitrogen and oxygen atoms in total. The first kappa shape index (κ1) is 14.3. The number of carbonyl (C=O) groups is 2. The van der Waals surface area contributed by atoms with Crippen molar-refractivity contribution < 1.29 is 14.0 Å². The number of rotatable bonds is 5. The fourth-order valence-electron chi connectivity index (χ4n) is 3.36. The Hall–Kier alpha value is -1.13. The topological polar surface area (TPSA) is 49.4 Å². The van der Waals surface area contributed by atoms with E-state index in [1.165, 1.54) is 0 Å². The van der Waals surface area contributed by atoms with Crippen LogP contribution in [0.25, 0.3) is 0 Å². The molecule has 1 spiro atoms. The quantitative estimate of drug-likeness (QED) is 0.828. The second-order valence-electron chi connectivity index (χ2n) is 5.59. The van der Waals surface area contributed by atoms with Gasteiger partial charge in [-0.1, -0.05) is 26.2 Å². The van der Waals surface area contributed by atoms with Crippen LogP contribution in [0.4, 0.5) is 4.39 Å². The largest absolute Gasteiger partial charge is 0.342 e. The molecule has 1 saturated carbocycles. The minimum atomic E-state index is -0.684. The average Bonchev–Trinajstić information content (AvgIpc) is 2.87. The van der Waals surface area contributed by atoms with Crippen molar-refractivity contribution in [2.75, 3.05) is 13.2 Å². The van der Waals surface area contributed by atoms with E-state index < -0.39 is 18.3 Å². The molecule has 0 radical (unpaired) electrons. The standard InChI is InChI=1S/C14H23FN2O2/c1-2-6-11-12(18)17(10-5-9-15)14(13(19)16-11)7-3-4-8-14/h11H,2-10H2,1H3,(H,16,19). The van der Waals surface area contributed by atoms with Crippen LogP contribution in [-0.4, -0.2) is 41.5 Å². The van der Waals surface area contributed by atoms with Crippen LogP contribution < -0.4 is 5.32 Å². The van der Waals surface area contributed by atoms with Gasteiger partial charge in [0.1, 0.15) is 11.6 Å². The molecule has 0 aromatic rings. The van der Waals surface area contributed by atoms with Crippen molar-refractivity contribution in [2.45, 2.75) is 63.5 Å². The lowest BCUT2D eigenvalue weighted by Gasteiger charge is -2.46. The maximum Gasteiger partial charge on any atom is 0.246 e. The zero-order valence-corrected chi connectivity index (χ0v) is 11.6.